The van der Waals surface area contributed by atoms with Crippen LogP contribution >= 0.6 is 0 Å². The predicted molar refractivity (Wildman–Crippen MR) is 109 cm³/mol. The molecule has 4 heterocycles. The average Bonchev–Trinajstić information content (AvgIpc) is 3.21. The highest BCUT2D eigenvalue weighted by molar-refractivity contribution is 6.32. The maximum Gasteiger partial charge on any atom is 0.258 e. The minimum Gasteiger partial charge on any atom is -0.355 e. The Labute approximate surface area is 163 Å². The summed E-state index contributed by atoms with van der Waals surface area (Å²) in [5.41, 5.74) is 6.73. The molecule has 0 radical (unpaired) electrons. The van der Waals surface area contributed by atoms with Crippen molar-refractivity contribution in [2.45, 2.75) is 20.8 Å². The van der Waals surface area contributed by atoms with Crippen LogP contribution in [0.1, 0.15) is 25.0 Å². The third kappa shape index (κ3) is 3.15. The summed E-state index contributed by atoms with van der Waals surface area (Å²) in [4.78, 5) is 21.6. The van der Waals surface area contributed by atoms with E-state index < -0.39 is 0 Å². The van der Waals surface area contributed by atoms with E-state index in [0.717, 1.165) is 39.5 Å². The molecule has 142 valence electrons. The summed E-state index contributed by atoms with van der Waals surface area (Å²) in [5.74, 6) is -0.0133. The Morgan fingerprint density at radius 1 is 1.21 bits per heavy atom. The molecule has 0 saturated carbocycles. The van der Waals surface area contributed by atoms with Crippen LogP contribution in [0.4, 0.5) is 11.4 Å². The van der Waals surface area contributed by atoms with Crippen LogP contribution in [0.25, 0.3) is 16.8 Å². The Morgan fingerprint density at radius 2 is 2.04 bits per heavy atom. The summed E-state index contributed by atoms with van der Waals surface area (Å²) >= 11 is 0. The number of amides is 1. The summed E-state index contributed by atoms with van der Waals surface area (Å²) in [6, 6.07) is 3.91. The molecule has 0 atom stereocenters. The van der Waals surface area contributed by atoms with Crippen molar-refractivity contribution >= 4 is 22.9 Å². The van der Waals surface area contributed by atoms with Crippen LogP contribution < -0.4 is 10.6 Å². The van der Waals surface area contributed by atoms with Gasteiger partial charge < -0.3 is 10.6 Å². The number of hydrogen-bond acceptors (Lipinski definition) is 5. The van der Waals surface area contributed by atoms with Crippen LogP contribution in [0.3, 0.4) is 0 Å². The summed E-state index contributed by atoms with van der Waals surface area (Å²) in [7, 11) is 1.86. The zero-order chi connectivity index (χ0) is 19.8. The zero-order valence-electron chi connectivity index (χ0n) is 16.3. The van der Waals surface area contributed by atoms with Crippen molar-refractivity contribution in [1.29, 1.82) is 0 Å². The molecule has 4 rings (SSSR count). The highest BCUT2D eigenvalue weighted by Gasteiger charge is 2.30. The van der Waals surface area contributed by atoms with E-state index in [0.29, 0.717) is 5.57 Å². The molecule has 0 aromatic carbocycles. The van der Waals surface area contributed by atoms with Gasteiger partial charge in [-0.3, -0.25) is 19.4 Å². The fourth-order valence-corrected chi connectivity index (χ4v) is 3.35. The van der Waals surface area contributed by atoms with Crippen LogP contribution in [-0.4, -0.2) is 25.7 Å². The molecule has 0 aliphatic carbocycles. The van der Waals surface area contributed by atoms with Gasteiger partial charge in [-0.15, -0.1) is 0 Å². The fourth-order valence-electron chi connectivity index (χ4n) is 3.35. The van der Waals surface area contributed by atoms with Crippen LogP contribution in [0.15, 0.2) is 48.8 Å². The molecule has 28 heavy (non-hydrogen) atoms. The van der Waals surface area contributed by atoms with E-state index in [1.165, 1.54) is 0 Å². The maximum atomic E-state index is 12.8. The Kier molecular flexibility index (Phi) is 4.43. The first-order valence-corrected chi connectivity index (χ1v) is 9.16. The molecule has 0 fully saturated rings. The van der Waals surface area contributed by atoms with Crippen molar-refractivity contribution < 1.29 is 4.79 Å². The minimum absolute atomic E-state index is 0.114. The third-order valence-electron chi connectivity index (χ3n) is 4.79. The fraction of sp³-hybridized carbons (Fsp3) is 0.238. The van der Waals surface area contributed by atoms with Crippen LogP contribution in [0, 0.1) is 12.8 Å². The molecular formula is C21H22N6O. The summed E-state index contributed by atoms with van der Waals surface area (Å²) in [6.07, 6.45) is 8.90. The smallest absolute Gasteiger partial charge is 0.258 e. The molecule has 0 bridgehead atoms. The van der Waals surface area contributed by atoms with E-state index in [1.54, 1.807) is 29.5 Å². The van der Waals surface area contributed by atoms with Crippen LogP contribution in [0.5, 0.6) is 0 Å². The van der Waals surface area contributed by atoms with Crippen molar-refractivity contribution in [2.24, 2.45) is 13.0 Å². The van der Waals surface area contributed by atoms with Crippen molar-refractivity contribution in [3.8, 4) is 11.3 Å². The van der Waals surface area contributed by atoms with Gasteiger partial charge in [0.1, 0.15) is 0 Å². The lowest BCUT2D eigenvalue weighted by molar-refractivity contribution is -0.110. The molecule has 2 N–H and O–H groups in total. The number of anilines is 2. The molecule has 3 aromatic heterocycles. The zero-order valence-corrected chi connectivity index (χ0v) is 16.3. The number of rotatable bonds is 4. The summed E-state index contributed by atoms with van der Waals surface area (Å²) in [6.45, 7) is 6.14. The maximum absolute atomic E-state index is 12.8. The molecule has 7 nitrogen and oxygen atoms in total. The number of nitrogens with zero attached hydrogens (tertiary/aromatic N) is 4. The molecule has 1 amide bonds. The first-order valence-electron chi connectivity index (χ1n) is 9.16. The van der Waals surface area contributed by atoms with Gasteiger partial charge in [0.05, 0.1) is 35.0 Å². The molecule has 1 aliphatic heterocycles. The first kappa shape index (κ1) is 17.9. The third-order valence-corrected chi connectivity index (χ3v) is 4.79. The van der Waals surface area contributed by atoms with Crippen molar-refractivity contribution in [1.82, 2.24) is 19.7 Å². The van der Waals surface area contributed by atoms with E-state index in [-0.39, 0.29) is 11.8 Å². The van der Waals surface area contributed by atoms with Crippen LogP contribution in [0.2, 0.25) is 0 Å². The molecule has 0 unspecified atom stereocenters. The second-order valence-electron chi connectivity index (χ2n) is 7.23. The first-order chi connectivity index (χ1) is 13.4. The lowest BCUT2D eigenvalue weighted by Crippen LogP contribution is -2.14. The SMILES string of the molecule is Cc1ccncc1-c1cc2c(cn1)NC(=O)/C2=C(\Nc1cnn(C)c1)C(C)C. The number of nitrogens with one attached hydrogen (secondary N) is 2. The van der Waals surface area contributed by atoms with Crippen LogP contribution in [-0.2, 0) is 11.8 Å². The Hall–Kier alpha value is -3.48. The average molecular weight is 374 g/mol. The number of aromatic nitrogens is 4. The second-order valence-corrected chi connectivity index (χ2v) is 7.23. The molecule has 0 saturated heterocycles. The Balaban J connectivity index is 1.85. The summed E-state index contributed by atoms with van der Waals surface area (Å²) in [5, 5.41) is 10.5. The quantitative estimate of drug-likeness (QED) is 0.682. The molecular weight excluding hydrogens is 352 g/mol. The van der Waals surface area contributed by atoms with Gasteiger partial charge in [-0.1, -0.05) is 13.8 Å². The minimum atomic E-state index is -0.128. The van der Waals surface area contributed by atoms with Crippen molar-refractivity contribution in [3.63, 3.8) is 0 Å². The van der Waals surface area contributed by atoms with Gasteiger partial charge >= 0.3 is 0 Å². The van der Waals surface area contributed by atoms with E-state index in [1.807, 2.05) is 32.3 Å². The number of allylic oxidation sites excluding steroid dienone is 1. The normalized spacial score (nSPS) is 14.8. The Bertz CT molecular complexity index is 1100. The number of carbonyl (C=O) groups excluding carboxylic acids is 1. The van der Waals surface area contributed by atoms with Gasteiger partial charge in [0.25, 0.3) is 5.91 Å². The topological polar surface area (TPSA) is 84.7 Å². The van der Waals surface area contributed by atoms with Gasteiger partial charge in [-0.25, -0.2) is 0 Å². The second kappa shape index (κ2) is 6.92. The van der Waals surface area contributed by atoms with Gasteiger partial charge in [0.15, 0.2) is 0 Å². The standard InChI is InChI=1S/C21H22N6O/c1-12(2)20(25-14-8-24-27(4)11-14)19-15-7-17(16-9-22-6-5-13(16)3)23-10-18(15)26-21(19)28/h5-12,25H,1-4H3,(H,26,28)/b20-19-. The predicted octanol–water partition coefficient (Wildman–Crippen LogP) is 3.62. The van der Waals surface area contributed by atoms with E-state index in [4.69, 9.17) is 0 Å². The summed E-state index contributed by atoms with van der Waals surface area (Å²) < 4.78 is 1.72. The lowest BCUT2D eigenvalue weighted by atomic mass is 9.97. The van der Waals surface area contributed by atoms with Gasteiger partial charge in [-0.2, -0.15) is 5.10 Å². The lowest BCUT2D eigenvalue weighted by Gasteiger charge is -2.16. The molecule has 0 spiro atoms. The largest absolute Gasteiger partial charge is 0.355 e. The number of carbonyl (C=O) groups is 1. The number of pyridine rings is 2. The van der Waals surface area contributed by atoms with Crippen molar-refractivity contribution in [3.05, 3.63) is 59.9 Å². The van der Waals surface area contributed by atoms with E-state index >= 15 is 0 Å². The molecule has 3 aromatic rings. The number of aryl methyl sites for hydroxylation is 2. The molecule has 1 aliphatic rings. The Morgan fingerprint density at radius 3 is 2.71 bits per heavy atom. The molecule has 7 heteroatoms. The number of fused-ring (bicyclic) bond motifs is 1. The number of hydrogen-bond donors (Lipinski definition) is 2. The van der Waals surface area contributed by atoms with Crippen molar-refractivity contribution in [2.75, 3.05) is 10.6 Å². The van der Waals surface area contributed by atoms with Gasteiger partial charge in [-0.05, 0) is 30.5 Å². The highest BCUT2D eigenvalue weighted by Crippen LogP contribution is 2.38. The highest BCUT2D eigenvalue weighted by atomic mass is 16.2. The van der Waals surface area contributed by atoms with Gasteiger partial charge in [0.2, 0.25) is 0 Å². The van der Waals surface area contributed by atoms with E-state index in [2.05, 4.69) is 39.5 Å². The van der Waals surface area contributed by atoms with E-state index in [9.17, 15) is 4.79 Å². The monoisotopic (exact) mass is 374 g/mol. The van der Waals surface area contributed by atoms with Gasteiger partial charge in [0, 0.05) is 42.5 Å².